The lowest BCUT2D eigenvalue weighted by atomic mass is 10.1. The number of hydrogen-bond donors (Lipinski definition) is 0. The van der Waals surface area contributed by atoms with Gasteiger partial charge in [-0.3, -0.25) is 14.5 Å². The summed E-state index contributed by atoms with van der Waals surface area (Å²) in [5.74, 6) is 0.300. The van der Waals surface area contributed by atoms with E-state index in [1.165, 1.54) is 0 Å². The molecule has 6 nitrogen and oxygen atoms in total. The minimum atomic E-state index is -0.0127. The molecule has 0 aliphatic carbocycles. The van der Waals surface area contributed by atoms with Gasteiger partial charge in [-0.25, -0.2) is 0 Å². The van der Waals surface area contributed by atoms with E-state index >= 15 is 0 Å². The largest absolute Gasteiger partial charge is 0.379 e. The summed E-state index contributed by atoms with van der Waals surface area (Å²) in [6.07, 6.45) is 0.458. The number of hydrogen-bond acceptors (Lipinski definition) is 5. The number of nitrogens with zero attached hydrogens (tertiary/aromatic N) is 3. The molecule has 1 aliphatic rings. The number of carbonyl (C=O) groups excluding carboxylic acids is 2. The maximum absolute atomic E-state index is 13.4. The Hall–Kier alpha value is -2.22. The van der Waals surface area contributed by atoms with E-state index in [9.17, 15) is 9.59 Å². The summed E-state index contributed by atoms with van der Waals surface area (Å²) < 4.78 is 5.43. The summed E-state index contributed by atoms with van der Waals surface area (Å²) in [6.45, 7) is 9.82. The number of morpholine rings is 1. The third kappa shape index (κ3) is 8.04. The molecule has 0 atom stereocenters. The van der Waals surface area contributed by atoms with Gasteiger partial charge in [0, 0.05) is 44.0 Å². The maximum Gasteiger partial charge on any atom is 0.242 e. The lowest BCUT2D eigenvalue weighted by Gasteiger charge is -2.31. The van der Waals surface area contributed by atoms with E-state index < -0.39 is 0 Å². The van der Waals surface area contributed by atoms with Crippen molar-refractivity contribution in [2.75, 3.05) is 45.9 Å². The summed E-state index contributed by atoms with van der Waals surface area (Å²) >= 11 is 1.65. The second-order valence-electron chi connectivity index (χ2n) is 8.68. The number of amides is 2. The predicted octanol–water partition coefficient (Wildman–Crippen LogP) is 3.48. The molecule has 2 aromatic rings. The number of rotatable bonds is 11. The van der Waals surface area contributed by atoms with Gasteiger partial charge in [0.1, 0.15) is 0 Å². The molecule has 2 amide bonds. The van der Waals surface area contributed by atoms with E-state index in [2.05, 4.69) is 11.0 Å². The van der Waals surface area contributed by atoms with Gasteiger partial charge in [-0.2, -0.15) is 0 Å². The molecular weight excluding hydrogens is 422 g/mol. The molecule has 7 heteroatoms. The fourth-order valence-electron chi connectivity index (χ4n) is 3.75. The van der Waals surface area contributed by atoms with Crippen LogP contribution in [0.2, 0.25) is 0 Å². The molecule has 32 heavy (non-hydrogen) atoms. The Morgan fingerprint density at radius 3 is 2.41 bits per heavy atom. The van der Waals surface area contributed by atoms with Crippen LogP contribution in [0.3, 0.4) is 0 Å². The highest BCUT2D eigenvalue weighted by Crippen LogP contribution is 2.16. The van der Waals surface area contributed by atoms with Crippen LogP contribution in [0.1, 0.15) is 30.7 Å². The van der Waals surface area contributed by atoms with Crippen molar-refractivity contribution in [2.24, 2.45) is 5.92 Å². The molecule has 1 fully saturated rings. The fraction of sp³-hybridized carbons (Fsp3) is 0.520. The minimum absolute atomic E-state index is 0.0127. The van der Waals surface area contributed by atoms with Crippen LogP contribution in [-0.2, 0) is 27.4 Å². The fourth-order valence-corrected chi connectivity index (χ4v) is 4.47. The first kappa shape index (κ1) is 24.4. The van der Waals surface area contributed by atoms with E-state index in [0.717, 1.165) is 43.3 Å². The molecule has 2 heterocycles. The molecule has 0 N–H and O–H groups in total. The third-order valence-electron chi connectivity index (χ3n) is 5.55. The normalized spacial score (nSPS) is 14.5. The van der Waals surface area contributed by atoms with E-state index in [1.807, 2.05) is 60.5 Å². The van der Waals surface area contributed by atoms with E-state index in [1.54, 1.807) is 16.2 Å². The Morgan fingerprint density at radius 2 is 1.75 bits per heavy atom. The number of benzene rings is 1. The van der Waals surface area contributed by atoms with Crippen LogP contribution < -0.4 is 0 Å². The van der Waals surface area contributed by atoms with E-state index in [0.29, 0.717) is 26.1 Å². The van der Waals surface area contributed by atoms with Gasteiger partial charge in [0.15, 0.2) is 0 Å². The highest BCUT2D eigenvalue weighted by atomic mass is 32.1. The quantitative estimate of drug-likeness (QED) is 0.518. The molecule has 174 valence electrons. The molecule has 3 rings (SSSR count). The van der Waals surface area contributed by atoms with E-state index in [4.69, 9.17) is 4.74 Å². The van der Waals surface area contributed by atoms with Gasteiger partial charge >= 0.3 is 0 Å². The van der Waals surface area contributed by atoms with Crippen molar-refractivity contribution in [2.45, 2.75) is 33.4 Å². The Labute approximate surface area is 195 Å². The minimum Gasteiger partial charge on any atom is -0.379 e. The van der Waals surface area contributed by atoms with Gasteiger partial charge in [-0.05, 0) is 22.9 Å². The zero-order valence-electron chi connectivity index (χ0n) is 19.2. The van der Waals surface area contributed by atoms with E-state index in [-0.39, 0.29) is 24.3 Å². The zero-order chi connectivity index (χ0) is 22.8. The van der Waals surface area contributed by atoms with Crippen molar-refractivity contribution in [1.82, 2.24) is 14.7 Å². The molecular formula is C25H35N3O3S. The van der Waals surface area contributed by atoms with Gasteiger partial charge < -0.3 is 14.5 Å². The summed E-state index contributed by atoms with van der Waals surface area (Å²) in [5.41, 5.74) is 1.09. The molecule has 0 radical (unpaired) electrons. The monoisotopic (exact) mass is 457 g/mol. The first-order chi connectivity index (χ1) is 15.5. The van der Waals surface area contributed by atoms with Crippen LogP contribution in [0.15, 0.2) is 47.8 Å². The van der Waals surface area contributed by atoms with Gasteiger partial charge in [-0.1, -0.05) is 50.2 Å². The summed E-state index contributed by atoms with van der Waals surface area (Å²) in [4.78, 5) is 33.5. The first-order valence-electron chi connectivity index (χ1n) is 11.4. The van der Waals surface area contributed by atoms with Gasteiger partial charge in [0.05, 0.1) is 26.3 Å². The standard InChI is InChI=1S/C25H35N3O3S/c1-21(2)17-24(29)27(11-10-26-12-14-31-15-13-26)20-25(30)28(19-23-9-6-16-32-23)18-22-7-4-3-5-8-22/h3-9,16,21H,10-15,17-20H2,1-2H3. The maximum atomic E-state index is 13.4. The highest BCUT2D eigenvalue weighted by Gasteiger charge is 2.23. The highest BCUT2D eigenvalue weighted by molar-refractivity contribution is 7.09. The number of carbonyl (C=O) groups is 2. The van der Waals surface area contributed by atoms with Crippen molar-refractivity contribution in [3.63, 3.8) is 0 Å². The topological polar surface area (TPSA) is 53.1 Å². The lowest BCUT2D eigenvalue weighted by molar-refractivity contribution is -0.142. The Kier molecular flexibility index (Phi) is 9.71. The molecule has 1 aromatic heterocycles. The van der Waals surface area contributed by atoms with Crippen LogP contribution in [0.5, 0.6) is 0 Å². The summed E-state index contributed by atoms with van der Waals surface area (Å²) in [6, 6.07) is 14.1. The molecule has 0 bridgehead atoms. The van der Waals surface area contributed by atoms with Crippen LogP contribution in [-0.4, -0.2) is 72.5 Å². The molecule has 0 unspecified atom stereocenters. The SMILES string of the molecule is CC(C)CC(=O)N(CCN1CCOCC1)CC(=O)N(Cc1ccccc1)Cc1cccs1. The van der Waals surface area contributed by atoms with Crippen molar-refractivity contribution < 1.29 is 14.3 Å². The Bertz CT molecular complexity index is 820. The average molecular weight is 458 g/mol. The molecule has 0 saturated carbocycles. The second kappa shape index (κ2) is 12.7. The smallest absolute Gasteiger partial charge is 0.242 e. The average Bonchev–Trinajstić information content (AvgIpc) is 3.30. The van der Waals surface area contributed by atoms with Gasteiger partial charge in [0.25, 0.3) is 0 Å². The van der Waals surface area contributed by atoms with Gasteiger partial charge in [-0.15, -0.1) is 11.3 Å². The van der Waals surface area contributed by atoms with Crippen molar-refractivity contribution in [1.29, 1.82) is 0 Å². The third-order valence-corrected chi connectivity index (χ3v) is 6.41. The number of ether oxygens (including phenoxy) is 1. The summed E-state index contributed by atoms with van der Waals surface area (Å²) in [7, 11) is 0. The van der Waals surface area contributed by atoms with Crippen molar-refractivity contribution in [3.8, 4) is 0 Å². The Balaban J connectivity index is 1.69. The first-order valence-corrected chi connectivity index (χ1v) is 12.3. The van der Waals surface area contributed by atoms with Crippen molar-refractivity contribution in [3.05, 3.63) is 58.3 Å². The second-order valence-corrected chi connectivity index (χ2v) is 9.71. The Morgan fingerprint density at radius 1 is 1.00 bits per heavy atom. The van der Waals surface area contributed by atoms with Crippen LogP contribution in [0, 0.1) is 5.92 Å². The van der Waals surface area contributed by atoms with Crippen molar-refractivity contribution >= 4 is 23.2 Å². The number of thiophene rings is 1. The lowest BCUT2D eigenvalue weighted by Crippen LogP contribution is -2.47. The summed E-state index contributed by atoms with van der Waals surface area (Å²) in [5, 5.41) is 2.03. The molecule has 1 aliphatic heterocycles. The van der Waals surface area contributed by atoms with Crippen LogP contribution in [0.4, 0.5) is 0 Å². The zero-order valence-corrected chi connectivity index (χ0v) is 20.1. The predicted molar refractivity (Wildman–Crippen MR) is 128 cm³/mol. The van der Waals surface area contributed by atoms with Gasteiger partial charge in [0.2, 0.25) is 11.8 Å². The molecule has 0 spiro atoms. The van der Waals surface area contributed by atoms with Crippen LogP contribution >= 0.6 is 11.3 Å². The molecule has 1 saturated heterocycles. The molecule has 1 aromatic carbocycles. The van der Waals surface area contributed by atoms with Crippen LogP contribution in [0.25, 0.3) is 0 Å².